The molecule has 0 atom stereocenters. The Bertz CT molecular complexity index is 970. The summed E-state index contributed by atoms with van der Waals surface area (Å²) in [4.78, 5) is 23.6. The molecule has 5 heteroatoms. The maximum atomic E-state index is 12.9. The van der Waals surface area contributed by atoms with E-state index in [4.69, 9.17) is 0 Å². The Kier molecular flexibility index (Phi) is 4.64. The molecule has 0 radical (unpaired) electrons. The van der Waals surface area contributed by atoms with E-state index in [9.17, 15) is 4.79 Å². The van der Waals surface area contributed by atoms with Gasteiger partial charge in [-0.1, -0.05) is 24.3 Å². The van der Waals surface area contributed by atoms with Crippen molar-refractivity contribution < 1.29 is 4.79 Å². The number of aromatic nitrogens is 1. The van der Waals surface area contributed by atoms with Crippen molar-refractivity contribution in [3.8, 4) is 0 Å². The van der Waals surface area contributed by atoms with Gasteiger partial charge in [-0.2, -0.15) is 0 Å². The average molecular weight is 384 g/mol. The van der Waals surface area contributed by atoms with E-state index in [0.717, 1.165) is 44.8 Å². The van der Waals surface area contributed by atoms with Crippen molar-refractivity contribution >= 4 is 17.3 Å². The first-order chi connectivity index (χ1) is 14.3. The molecule has 29 heavy (non-hydrogen) atoms. The fourth-order valence-electron chi connectivity index (χ4n) is 4.24. The number of hydrogen-bond donors (Lipinski definition) is 0. The lowest BCUT2D eigenvalue weighted by molar-refractivity contribution is 0.0747. The lowest BCUT2D eigenvalue weighted by atomic mass is 10.1. The number of rotatable bonds is 3. The van der Waals surface area contributed by atoms with Crippen molar-refractivity contribution in [3.05, 3.63) is 89.7 Å². The summed E-state index contributed by atoms with van der Waals surface area (Å²) in [6.07, 6.45) is 3.63. The largest absolute Gasteiger partial charge is 0.368 e. The zero-order valence-electron chi connectivity index (χ0n) is 16.4. The second-order valence-electron chi connectivity index (χ2n) is 7.66. The predicted molar refractivity (Wildman–Crippen MR) is 115 cm³/mol. The summed E-state index contributed by atoms with van der Waals surface area (Å²) in [7, 11) is 0. The third kappa shape index (κ3) is 3.56. The van der Waals surface area contributed by atoms with E-state index in [2.05, 4.69) is 51.2 Å². The maximum absolute atomic E-state index is 12.9. The van der Waals surface area contributed by atoms with Gasteiger partial charge < -0.3 is 14.7 Å². The van der Waals surface area contributed by atoms with Crippen molar-refractivity contribution in [1.29, 1.82) is 0 Å². The van der Waals surface area contributed by atoms with E-state index in [1.807, 2.05) is 41.6 Å². The minimum atomic E-state index is 0.121. The molecule has 1 amide bonds. The van der Waals surface area contributed by atoms with Crippen LogP contribution in [0.4, 0.5) is 11.4 Å². The van der Waals surface area contributed by atoms with Crippen molar-refractivity contribution in [2.45, 2.75) is 13.1 Å². The molecule has 3 heterocycles. The highest BCUT2D eigenvalue weighted by molar-refractivity contribution is 5.94. The van der Waals surface area contributed by atoms with Gasteiger partial charge in [-0.15, -0.1) is 0 Å². The van der Waals surface area contributed by atoms with Gasteiger partial charge >= 0.3 is 0 Å². The predicted octanol–water partition coefficient (Wildman–Crippen LogP) is 3.56. The van der Waals surface area contributed by atoms with Gasteiger partial charge in [0.1, 0.15) is 0 Å². The molecule has 0 aliphatic carbocycles. The molecule has 1 aromatic heterocycles. The lowest BCUT2D eigenvalue weighted by Gasteiger charge is -2.36. The highest BCUT2D eigenvalue weighted by Gasteiger charge is 2.23. The number of piperazine rings is 1. The van der Waals surface area contributed by atoms with Crippen LogP contribution in [-0.4, -0.2) is 42.0 Å². The zero-order valence-corrected chi connectivity index (χ0v) is 16.4. The molecule has 0 unspecified atom stereocenters. The Hall–Kier alpha value is -3.34. The van der Waals surface area contributed by atoms with Crippen LogP contribution in [0.15, 0.2) is 73.1 Å². The highest BCUT2D eigenvalue weighted by Crippen LogP contribution is 2.28. The molecule has 5 rings (SSSR count). The van der Waals surface area contributed by atoms with Gasteiger partial charge in [0.25, 0.3) is 5.91 Å². The molecule has 146 valence electrons. The zero-order chi connectivity index (χ0) is 19.6. The molecule has 0 N–H and O–H groups in total. The maximum Gasteiger partial charge on any atom is 0.253 e. The van der Waals surface area contributed by atoms with Crippen molar-refractivity contribution in [2.75, 3.05) is 36.0 Å². The van der Waals surface area contributed by atoms with E-state index in [-0.39, 0.29) is 5.91 Å². The molecule has 1 fully saturated rings. The minimum absolute atomic E-state index is 0.121. The van der Waals surface area contributed by atoms with E-state index in [0.29, 0.717) is 0 Å². The summed E-state index contributed by atoms with van der Waals surface area (Å²) >= 11 is 0. The molecule has 0 saturated carbocycles. The summed E-state index contributed by atoms with van der Waals surface area (Å²) in [6, 6.07) is 20.7. The molecule has 0 spiro atoms. The minimum Gasteiger partial charge on any atom is -0.368 e. The van der Waals surface area contributed by atoms with Crippen LogP contribution in [0.25, 0.3) is 0 Å². The third-order valence-corrected chi connectivity index (χ3v) is 5.91. The van der Waals surface area contributed by atoms with Crippen LogP contribution in [-0.2, 0) is 13.1 Å². The molecule has 2 aromatic carbocycles. The summed E-state index contributed by atoms with van der Waals surface area (Å²) < 4.78 is 0. The van der Waals surface area contributed by atoms with Crippen LogP contribution in [0.3, 0.4) is 0 Å². The van der Waals surface area contributed by atoms with E-state index in [1.165, 1.54) is 22.5 Å². The van der Waals surface area contributed by atoms with Crippen LogP contribution in [0.5, 0.6) is 0 Å². The van der Waals surface area contributed by atoms with Crippen molar-refractivity contribution in [1.82, 2.24) is 9.88 Å². The molecule has 3 aromatic rings. The molecular weight excluding hydrogens is 360 g/mol. The van der Waals surface area contributed by atoms with Gasteiger partial charge in [-0.25, -0.2) is 0 Å². The summed E-state index contributed by atoms with van der Waals surface area (Å²) in [5.41, 5.74) is 5.88. The van der Waals surface area contributed by atoms with Crippen LogP contribution < -0.4 is 9.80 Å². The number of fused-ring (bicyclic) bond motifs is 1. The van der Waals surface area contributed by atoms with E-state index >= 15 is 0 Å². The number of anilines is 2. The van der Waals surface area contributed by atoms with Gasteiger partial charge in [0.2, 0.25) is 0 Å². The Balaban J connectivity index is 1.21. The number of amides is 1. The summed E-state index contributed by atoms with van der Waals surface area (Å²) in [5.74, 6) is 0.121. The first-order valence-corrected chi connectivity index (χ1v) is 10.1. The normalized spacial score (nSPS) is 16.1. The second-order valence-corrected chi connectivity index (χ2v) is 7.66. The van der Waals surface area contributed by atoms with Crippen LogP contribution in [0, 0.1) is 0 Å². The van der Waals surface area contributed by atoms with Gasteiger partial charge in [0.15, 0.2) is 0 Å². The Morgan fingerprint density at radius 2 is 1.28 bits per heavy atom. The van der Waals surface area contributed by atoms with Crippen molar-refractivity contribution in [3.63, 3.8) is 0 Å². The number of pyridine rings is 1. The topological polar surface area (TPSA) is 39.7 Å². The van der Waals surface area contributed by atoms with E-state index < -0.39 is 0 Å². The van der Waals surface area contributed by atoms with Gasteiger partial charge in [-0.05, 0) is 47.5 Å². The number of carbonyl (C=O) groups excluding carboxylic acids is 1. The Morgan fingerprint density at radius 3 is 1.90 bits per heavy atom. The first-order valence-electron chi connectivity index (χ1n) is 10.1. The molecule has 1 saturated heterocycles. The van der Waals surface area contributed by atoms with Gasteiger partial charge in [0.05, 0.1) is 0 Å². The fraction of sp³-hybridized carbons (Fsp3) is 0.250. The van der Waals surface area contributed by atoms with Gasteiger partial charge in [0, 0.05) is 68.6 Å². The third-order valence-electron chi connectivity index (χ3n) is 5.91. The SMILES string of the molecule is O=C(c1ccc(N2Cc3ccccc3C2)cc1)N1CCN(c2ccncc2)CC1. The standard InChI is InChI=1S/C24H24N4O/c29-24(27-15-13-26(14-16-27)23-9-11-25-12-10-23)19-5-7-22(8-6-19)28-17-20-3-1-2-4-21(20)18-28/h1-12H,13-18H2. The van der Waals surface area contributed by atoms with Crippen molar-refractivity contribution in [2.24, 2.45) is 0 Å². The number of carbonyl (C=O) groups is 1. The average Bonchev–Trinajstić information content (AvgIpc) is 3.24. The lowest BCUT2D eigenvalue weighted by Crippen LogP contribution is -2.48. The Labute approximate surface area is 171 Å². The molecule has 2 aliphatic heterocycles. The van der Waals surface area contributed by atoms with Crippen LogP contribution in [0.1, 0.15) is 21.5 Å². The Morgan fingerprint density at radius 1 is 0.690 bits per heavy atom. The summed E-state index contributed by atoms with van der Waals surface area (Å²) in [6.45, 7) is 5.04. The molecular formula is C24H24N4O. The van der Waals surface area contributed by atoms with Gasteiger partial charge in [-0.3, -0.25) is 9.78 Å². The number of nitrogens with zero attached hydrogens (tertiary/aromatic N) is 4. The quantitative estimate of drug-likeness (QED) is 0.692. The van der Waals surface area contributed by atoms with E-state index in [1.54, 1.807) is 0 Å². The molecule has 5 nitrogen and oxygen atoms in total. The fourth-order valence-corrected chi connectivity index (χ4v) is 4.24. The summed E-state index contributed by atoms with van der Waals surface area (Å²) in [5, 5.41) is 0. The number of hydrogen-bond acceptors (Lipinski definition) is 4. The first kappa shape index (κ1) is 17.7. The second kappa shape index (κ2) is 7.59. The van der Waals surface area contributed by atoms with Crippen LogP contribution in [0.2, 0.25) is 0 Å². The monoisotopic (exact) mass is 384 g/mol. The molecule has 0 bridgehead atoms. The highest BCUT2D eigenvalue weighted by atomic mass is 16.2. The van der Waals surface area contributed by atoms with Crippen LogP contribution >= 0.6 is 0 Å². The molecule has 2 aliphatic rings. The number of benzene rings is 2. The smallest absolute Gasteiger partial charge is 0.253 e.